The minimum absolute atomic E-state index is 0.320. The van der Waals surface area contributed by atoms with Gasteiger partial charge in [0.2, 0.25) is 5.88 Å². The molecule has 174 valence electrons. The van der Waals surface area contributed by atoms with Crippen molar-refractivity contribution in [3.05, 3.63) is 66.2 Å². The molecule has 5 nitrogen and oxygen atoms in total. The van der Waals surface area contributed by atoms with Crippen molar-refractivity contribution in [1.29, 1.82) is 0 Å². The van der Waals surface area contributed by atoms with Crippen LogP contribution >= 0.6 is 11.8 Å². The predicted octanol–water partition coefficient (Wildman–Crippen LogP) is 6.50. The molecule has 33 heavy (non-hydrogen) atoms. The summed E-state index contributed by atoms with van der Waals surface area (Å²) in [6.07, 6.45) is -4.40. The molecule has 3 rings (SSSR count). The summed E-state index contributed by atoms with van der Waals surface area (Å²) in [7, 11) is 3.31. The van der Waals surface area contributed by atoms with E-state index in [1.54, 1.807) is 26.0 Å². The Labute approximate surface area is 194 Å². The molecule has 2 aromatic carbocycles. The van der Waals surface area contributed by atoms with Gasteiger partial charge in [-0.2, -0.15) is 13.2 Å². The van der Waals surface area contributed by atoms with Gasteiger partial charge in [0.05, 0.1) is 18.4 Å². The molecule has 0 aliphatic rings. The number of aliphatic carboxylic acids is 1. The van der Waals surface area contributed by atoms with Crippen LogP contribution in [0, 0.1) is 0 Å². The number of aromatic nitrogens is 1. The van der Waals surface area contributed by atoms with Crippen molar-refractivity contribution < 1.29 is 27.8 Å². The van der Waals surface area contributed by atoms with Crippen LogP contribution in [0.15, 0.2) is 65.6 Å². The number of anilines is 2. The van der Waals surface area contributed by atoms with Crippen LogP contribution in [0.25, 0.3) is 11.3 Å². The number of alkyl halides is 3. The van der Waals surface area contributed by atoms with Gasteiger partial charge in [-0.25, -0.2) is 4.98 Å². The molecule has 1 heterocycles. The van der Waals surface area contributed by atoms with Crippen LogP contribution in [0.1, 0.15) is 19.4 Å². The van der Waals surface area contributed by atoms with Gasteiger partial charge in [-0.3, -0.25) is 4.79 Å². The molecule has 3 aromatic rings. The molecule has 0 atom stereocenters. The van der Waals surface area contributed by atoms with Gasteiger partial charge in [-0.05, 0) is 62.4 Å². The highest BCUT2D eigenvalue weighted by Gasteiger charge is 2.30. The summed E-state index contributed by atoms with van der Waals surface area (Å²) >= 11 is 1.25. The molecule has 0 saturated carbocycles. The number of pyridine rings is 1. The third kappa shape index (κ3) is 5.60. The molecule has 0 saturated heterocycles. The first-order chi connectivity index (χ1) is 15.4. The zero-order chi connectivity index (χ0) is 24.4. The van der Waals surface area contributed by atoms with E-state index in [0.29, 0.717) is 22.8 Å². The van der Waals surface area contributed by atoms with E-state index >= 15 is 0 Å². The lowest BCUT2D eigenvalue weighted by Crippen LogP contribution is -2.26. The van der Waals surface area contributed by atoms with Crippen LogP contribution in [0.3, 0.4) is 0 Å². The van der Waals surface area contributed by atoms with Crippen LogP contribution in [-0.4, -0.2) is 35.0 Å². The number of rotatable bonds is 7. The van der Waals surface area contributed by atoms with Crippen LogP contribution < -0.4 is 9.64 Å². The van der Waals surface area contributed by atoms with Gasteiger partial charge in [0, 0.05) is 23.2 Å². The highest BCUT2D eigenvalue weighted by Crippen LogP contribution is 2.37. The number of benzene rings is 2. The van der Waals surface area contributed by atoms with Gasteiger partial charge in [0.15, 0.2) is 0 Å². The van der Waals surface area contributed by atoms with Crippen molar-refractivity contribution in [2.45, 2.75) is 29.7 Å². The van der Waals surface area contributed by atoms with Crippen molar-refractivity contribution in [2.75, 3.05) is 19.1 Å². The number of carboxylic acids is 1. The Morgan fingerprint density at radius 2 is 1.61 bits per heavy atom. The highest BCUT2D eigenvalue weighted by atomic mass is 32.2. The molecule has 0 fully saturated rings. The summed E-state index contributed by atoms with van der Waals surface area (Å²) in [6, 6.07) is 15.7. The minimum atomic E-state index is -4.40. The summed E-state index contributed by atoms with van der Waals surface area (Å²) in [5, 5.41) is 9.31. The van der Waals surface area contributed by atoms with Crippen LogP contribution in [-0.2, 0) is 11.0 Å². The van der Waals surface area contributed by atoms with Gasteiger partial charge >= 0.3 is 12.1 Å². The van der Waals surface area contributed by atoms with Gasteiger partial charge in [-0.15, -0.1) is 11.8 Å². The molecule has 0 spiro atoms. The van der Waals surface area contributed by atoms with E-state index in [9.17, 15) is 23.1 Å². The smallest absolute Gasteiger partial charge is 0.416 e. The topological polar surface area (TPSA) is 62.7 Å². The van der Waals surface area contributed by atoms with Crippen molar-refractivity contribution in [3.8, 4) is 17.1 Å². The van der Waals surface area contributed by atoms with Crippen LogP contribution in [0.2, 0.25) is 0 Å². The molecular formula is C24H23F3N2O3S. The van der Waals surface area contributed by atoms with E-state index in [1.165, 1.54) is 31.0 Å². The summed E-state index contributed by atoms with van der Waals surface area (Å²) in [6.45, 7) is 3.30. The van der Waals surface area contributed by atoms with E-state index in [1.807, 2.05) is 36.2 Å². The molecule has 1 aromatic heterocycles. The molecule has 0 aliphatic carbocycles. The summed E-state index contributed by atoms with van der Waals surface area (Å²) in [5.41, 5.74) is 1.80. The molecule has 0 unspecified atom stereocenters. The second-order valence-corrected chi connectivity index (χ2v) is 9.47. The van der Waals surface area contributed by atoms with E-state index in [-0.39, 0.29) is 0 Å². The maximum absolute atomic E-state index is 12.8. The number of carbonyl (C=O) groups is 1. The second kappa shape index (κ2) is 9.35. The van der Waals surface area contributed by atoms with Gasteiger partial charge in [0.1, 0.15) is 10.4 Å². The van der Waals surface area contributed by atoms with Gasteiger partial charge in [0.25, 0.3) is 0 Å². The predicted molar refractivity (Wildman–Crippen MR) is 123 cm³/mol. The van der Waals surface area contributed by atoms with Crippen LogP contribution in [0.4, 0.5) is 24.5 Å². The number of carboxylic acid groups (broad SMARTS) is 1. The fraction of sp³-hybridized carbons (Fsp3) is 0.250. The summed E-state index contributed by atoms with van der Waals surface area (Å²) in [4.78, 5) is 18.5. The lowest BCUT2D eigenvalue weighted by molar-refractivity contribution is -0.139. The lowest BCUT2D eigenvalue weighted by atomic mass is 10.1. The molecular weight excluding hydrogens is 453 g/mol. The standard InChI is InChI=1S/C24H23F3N2O3S/c1-23(2,22(30)31)33-18-11-9-17(10-12-18)29(3)20-14-13-19(28-21(20)32-4)15-5-7-16(8-6-15)24(25,26)27/h5-14H,1-4H3,(H,30,31). The normalized spacial score (nSPS) is 11.8. The molecule has 0 radical (unpaired) electrons. The van der Waals surface area contributed by atoms with E-state index in [4.69, 9.17) is 4.74 Å². The second-order valence-electron chi connectivity index (χ2n) is 7.77. The van der Waals surface area contributed by atoms with Crippen molar-refractivity contribution in [2.24, 2.45) is 0 Å². The third-order valence-corrected chi connectivity index (χ3v) is 6.21. The van der Waals surface area contributed by atoms with E-state index < -0.39 is 22.5 Å². The number of ether oxygens (including phenoxy) is 1. The van der Waals surface area contributed by atoms with Gasteiger partial charge in [-0.1, -0.05) is 12.1 Å². The van der Waals surface area contributed by atoms with Gasteiger partial charge < -0.3 is 14.7 Å². The quantitative estimate of drug-likeness (QED) is 0.393. The summed E-state index contributed by atoms with van der Waals surface area (Å²) < 4.78 is 42.9. The molecule has 0 aliphatic heterocycles. The fourth-order valence-corrected chi connectivity index (χ4v) is 3.99. The zero-order valence-electron chi connectivity index (χ0n) is 18.5. The first-order valence-electron chi connectivity index (χ1n) is 9.91. The monoisotopic (exact) mass is 476 g/mol. The third-order valence-electron chi connectivity index (χ3n) is 5.01. The minimum Gasteiger partial charge on any atom is -0.480 e. The molecule has 1 N–H and O–H groups in total. The molecule has 0 bridgehead atoms. The fourth-order valence-electron chi connectivity index (χ4n) is 3.04. The zero-order valence-corrected chi connectivity index (χ0v) is 19.3. The highest BCUT2D eigenvalue weighted by molar-refractivity contribution is 8.01. The van der Waals surface area contributed by atoms with Crippen molar-refractivity contribution in [3.63, 3.8) is 0 Å². The van der Waals surface area contributed by atoms with Crippen LogP contribution in [0.5, 0.6) is 5.88 Å². The molecule has 9 heteroatoms. The maximum Gasteiger partial charge on any atom is 0.416 e. The molecule has 0 amide bonds. The number of hydrogen-bond donors (Lipinski definition) is 1. The Kier molecular flexibility index (Phi) is 6.92. The van der Waals surface area contributed by atoms with Crippen molar-refractivity contribution in [1.82, 2.24) is 4.98 Å². The number of hydrogen-bond acceptors (Lipinski definition) is 5. The number of thioether (sulfide) groups is 1. The Bertz CT molecular complexity index is 1130. The first-order valence-corrected chi connectivity index (χ1v) is 10.7. The van der Waals surface area contributed by atoms with E-state index in [0.717, 1.165) is 22.7 Å². The number of methoxy groups -OCH3 is 1. The Balaban J connectivity index is 1.84. The Morgan fingerprint density at radius 3 is 2.12 bits per heavy atom. The largest absolute Gasteiger partial charge is 0.480 e. The Morgan fingerprint density at radius 1 is 1.00 bits per heavy atom. The number of nitrogens with zero attached hydrogens (tertiary/aromatic N) is 2. The Hall–Kier alpha value is -3.20. The average Bonchev–Trinajstić information content (AvgIpc) is 2.78. The summed E-state index contributed by atoms with van der Waals surface area (Å²) in [5.74, 6) is -0.571. The maximum atomic E-state index is 12.8. The van der Waals surface area contributed by atoms with E-state index in [2.05, 4.69) is 4.98 Å². The van der Waals surface area contributed by atoms with Crippen molar-refractivity contribution >= 4 is 29.1 Å². The average molecular weight is 477 g/mol. The number of halogens is 3. The lowest BCUT2D eigenvalue weighted by Gasteiger charge is -2.23. The first kappa shape index (κ1) is 24.4. The SMILES string of the molecule is COc1nc(-c2ccc(C(F)(F)F)cc2)ccc1N(C)c1ccc(SC(C)(C)C(=O)O)cc1.